The van der Waals surface area contributed by atoms with Gasteiger partial charge in [0.25, 0.3) is 0 Å². The van der Waals surface area contributed by atoms with Gasteiger partial charge in [-0.1, -0.05) is 44.2 Å². The zero-order chi connectivity index (χ0) is 18.8. The van der Waals surface area contributed by atoms with Crippen LogP contribution >= 0.6 is 0 Å². The Bertz CT molecular complexity index is 630. The van der Waals surface area contributed by atoms with Gasteiger partial charge in [0.05, 0.1) is 11.3 Å². The normalized spacial score (nSPS) is 22.2. The maximum absolute atomic E-state index is 13.4. The van der Waals surface area contributed by atoms with Crippen LogP contribution in [0.3, 0.4) is 0 Å². The van der Waals surface area contributed by atoms with E-state index in [1.54, 1.807) is 19.9 Å². The van der Waals surface area contributed by atoms with Gasteiger partial charge < -0.3 is 10.0 Å². The van der Waals surface area contributed by atoms with E-state index < -0.39 is 35.8 Å². The maximum Gasteiger partial charge on any atom is 0.396 e. The van der Waals surface area contributed by atoms with Crippen LogP contribution in [0.2, 0.25) is 0 Å². The number of carbonyl (C=O) groups excluding carboxylic acids is 1. The second-order valence-corrected chi connectivity index (χ2v) is 6.89. The van der Waals surface area contributed by atoms with Gasteiger partial charge in [0.15, 0.2) is 0 Å². The molecule has 0 radical (unpaired) electrons. The summed E-state index contributed by atoms with van der Waals surface area (Å²) >= 11 is 0. The topological polar surface area (TPSA) is 57.6 Å². The van der Waals surface area contributed by atoms with Crippen molar-refractivity contribution in [3.8, 4) is 0 Å². The molecule has 1 fully saturated rings. The molecule has 0 spiro atoms. The van der Waals surface area contributed by atoms with Crippen LogP contribution in [0.4, 0.5) is 13.2 Å². The molecule has 0 bridgehead atoms. The summed E-state index contributed by atoms with van der Waals surface area (Å²) in [5.74, 6) is -3.77. The fraction of sp³-hybridized carbons (Fsp3) is 0.556. The number of benzene rings is 1. The van der Waals surface area contributed by atoms with Crippen molar-refractivity contribution in [2.75, 3.05) is 13.1 Å². The number of aliphatic carboxylic acids is 1. The van der Waals surface area contributed by atoms with Crippen LogP contribution < -0.4 is 0 Å². The van der Waals surface area contributed by atoms with Gasteiger partial charge in [-0.15, -0.1) is 0 Å². The molecule has 2 unspecified atom stereocenters. The number of halogens is 3. The molecule has 138 valence electrons. The van der Waals surface area contributed by atoms with Gasteiger partial charge in [-0.3, -0.25) is 9.59 Å². The zero-order valence-corrected chi connectivity index (χ0v) is 14.2. The first kappa shape index (κ1) is 19.3. The van der Waals surface area contributed by atoms with Crippen LogP contribution in [0.5, 0.6) is 0 Å². The van der Waals surface area contributed by atoms with Crippen LogP contribution in [0, 0.1) is 11.3 Å². The molecule has 7 heteroatoms. The van der Waals surface area contributed by atoms with E-state index in [0.29, 0.717) is 0 Å². The molecule has 0 aromatic heterocycles. The van der Waals surface area contributed by atoms with Gasteiger partial charge in [-0.25, -0.2) is 0 Å². The van der Waals surface area contributed by atoms with Crippen LogP contribution in [0.25, 0.3) is 0 Å². The Morgan fingerprint density at radius 2 is 1.84 bits per heavy atom. The first-order valence-corrected chi connectivity index (χ1v) is 8.21. The third-order valence-electron chi connectivity index (χ3n) is 5.16. The van der Waals surface area contributed by atoms with Crippen molar-refractivity contribution in [3.05, 3.63) is 35.9 Å². The Morgan fingerprint density at radius 3 is 2.28 bits per heavy atom. The molecule has 1 N–H and O–H groups in total. The predicted octanol–water partition coefficient (Wildman–Crippen LogP) is 3.68. The molecule has 1 aromatic carbocycles. The lowest BCUT2D eigenvalue weighted by molar-refractivity contribution is -0.161. The fourth-order valence-electron chi connectivity index (χ4n) is 3.35. The lowest BCUT2D eigenvalue weighted by atomic mass is 9.76. The minimum atomic E-state index is -4.54. The van der Waals surface area contributed by atoms with E-state index in [9.17, 15) is 27.9 Å². The Morgan fingerprint density at radius 1 is 1.24 bits per heavy atom. The summed E-state index contributed by atoms with van der Waals surface area (Å²) in [7, 11) is 0. The minimum Gasteiger partial charge on any atom is -0.481 e. The summed E-state index contributed by atoms with van der Waals surface area (Å²) in [5, 5.41) is 9.50. The third kappa shape index (κ3) is 3.96. The molecule has 1 aliphatic rings. The molecule has 2 rings (SSSR count). The summed E-state index contributed by atoms with van der Waals surface area (Å²) in [6.45, 7) is 3.63. The van der Waals surface area contributed by atoms with Gasteiger partial charge in [0, 0.05) is 19.5 Å². The van der Waals surface area contributed by atoms with E-state index >= 15 is 0 Å². The largest absolute Gasteiger partial charge is 0.481 e. The molecule has 0 aliphatic carbocycles. The summed E-state index contributed by atoms with van der Waals surface area (Å²) in [4.78, 5) is 25.3. The lowest BCUT2D eigenvalue weighted by Gasteiger charge is -2.29. The van der Waals surface area contributed by atoms with Crippen LogP contribution in [-0.4, -0.2) is 41.1 Å². The number of amides is 1. The number of carboxylic acids is 1. The minimum absolute atomic E-state index is 0.0379. The van der Waals surface area contributed by atoms with Gasteiger partial charge in [0.2, 0.25) is 5.91 Å². The maximum atomic E-state index is 13.4. The predicted molar refractivity (Wildman–Crippen MR) is 86.0 cm³/mol. The number of likely N-dealkylation sites (tertiary alicyclic amines) is 1. The highest BCUT2D eigenvalue weighted by Crippen LogP contribution is 2.41. The summed E-state index contributed by atoms with van der Waals surface area (Å²) in [5.41, 5.74) is -1.05. The number of rotatable bonds is 5. The van der Waals surface area contributed by atoms with Crippen molar-refractivity contribution >= 4 is 11.9 Å². The Hall–Kier alpha value is -2.05. The standard InChI is InChI=1S/C18H22F3NO3/c1-12(2)17(16(24)25)8-9-22(11-17)15(23)10-14(18(19,20)21)13-6-4-3-5-7-13/h3-7,12,14H,8-11H2,1-2H3,(H,24,25). The van der Waals surface area contributed by atoms with Gasteiger partial charge in [-0.2, -0.15) is 13.2 Å². The second kappa shape index (κ2) is 7.06. The molecule has 2 atom stereocenters. The lowest BCUT2D eigenvalue weighted by Crippen LogP contribution is -2.41. The highest BCUT2D eigenvalue weighted by Gasteiger charge is 2.49. The number of nitrogens with zero attached hydrogens (tertiary/aromatic N) is 1. The quantitative estimate of drug-likeness (QED) is 0.875. The SMILES string of the molecule is CC(C)C1(C(=O)O)CCN(C(=O)CC(c2ccccc2)C(F)(F)F)C1. The number of hydrogen-bond acceptors (Lipinski definition) is 2. The van der Waals surface area contributed by atoms with Crippen LogP contribution in [0.1, 0.15) is 38.2 Å². The van der Waals surface area contributed by atoms with Gasteiger partial charge >= 0.3 is 12.1 Å². The molecular weight excluding hydrogens is 335 g/mol. The molecule has 1 saturated heterocycles. The Balaban J connectivity index is 2.16. The van der Waals surface area contributed by atoms with E-state index in [2.05, 4.69) is 0 Å². The molecule has 1 aromatic rings. The summed E-state index contributed by atoms with van der Waals surface area (Å²) in [6.07, 6.45) is -4.99. The van der Waals surface area contributed by atoms with E-state index in [-0.39, 0.29) is 31.0 Å². The molecule has 1 aliphatic heterocycles. The fourth-order valence-corrected chi connectivity index (χ4v) is 3.35. The van der Waals surface area contributed by atoms with Gasteiger partial charge in [-0.05, 0) is 17.9 Å². The second-order valence-electron chi connectivity index (χ2n) is 6.89. The van der Waals surface area contributed by atoms with E-state index in [4.69, 9.17) is 0 Å². The van der Waals surface area contributed by atoms with Crippen molar-refractivity contribution in [1.29, 1.82) is 0 Å². The molecule has 0 saturated carbocycles. The first-order valence-electron chi connectivity index (χ1n) is 8.21. The smallest absolute Gasteiger partial charge is 0.396 e. The van der Waals surface area contributed by atoms with Crippen molar-refractivity contribution in [2.24, 2.45) is 11.3 Å². The Labute approximate surface area is 144 Å². The van der Waals surface area contributed by atoms with E-state index in [0.717, 1.165) is 0 Å². The van der Waals surface area contributed by atoms with Crippen molar-refractivity contribution < 1.29 is 27.9 Å². The van der Waals surface area contributed by atoms with Crippen LogP contribution in [0.15, 0.2) is 30.3 Å². The van der Waals surface area contributed by atoms with Crippen molar-refractivity contribution in [1.82, 2.24) is 4.90 Å². The number of hydrogen-bond donors (Lipinski definition) is 1. The summed E-state index contributed by atoms with van der Waals surface area (Å²) < 4.78 is 40.2. The van der Waals surface area contributed by atoms with Crippen LogP contribution in [-0.2, 0) is 9.59 Å². The molecule has 1 amide bonds. The van der Waals surface area contributed by atoms with E-state index in [1.807, 2.05) is 0 Å². The number of carbonyl (C=O) groups is 2. The number of carboxylic acid groups (broad SMARTS) is 1. The summed E-state index contributed by atoms with van der Waals surface area (Å²) in [6, 6.07) is 7.32. The highest BCUT2D eigenvalue weighted by molar-refractivity contribution is 5.81. The zero-order valence-electron chi connectivity index (χ0n) is 14.2. The molecular formula is C18H22F3NO3. The monoisotopic (exact) mass is 357 g/mol. The highest BCUT2D eigenvalue weighted by atomic mass is 19.4. The number of alkyl halides is 3. The third-order valence-corrected chi connectivity index (χ3v) is 5.16. The average molecular weight is 357 g/mol. The van der Waals surface area contributed by atoms with Crippen molar-refractivity contribution in [2.45, 2.75) is 38.8 Å². The molecule has 25 heavy (non-hydrogen) atoms. The van der Waals surface area contributed by atoms with Crippen molar-refractivity contribution in [3.63, 3.8) is 0 Å². The average Bonchev–Trinajstić information content (AvgIpc) is 2.99. The first-order chi connectivity index (χ1) is 11.6. The molecule has 4 nitrogen and oxygen atoms in total. The molecule has 1 heterocycles. The van der Waals surface area contributed by atoms with Gasteiger partial charge in [0.1, 0.15) is 0 Å². The Kier molecular flexibility index (Phi) is 5.44. The van der Waals surface area contributed by atoms with E-state index in [1.165, 1.54) is 29.2 Å².